The first-order valence-electron chi connectivity index (χ1n) is 21.2. The van der Waals surface area contributed by atoms with Crippen LogP contribution in [0.3, 0.4) is 0 Å². The van der Waals surface area contributed by atoms with Gasteiger partial charge in [0.05, 0.1) is 18.9 Å². The fourth-order valence-corrected chi connectivity index (χ4v) is 7.64. The van der Waals surface area contributed by atoms with Gasteiger partial charge in [0.1, 0.15) is 18.4 Å². The number of ether oxygens (including phenoxy) is 2. The summed E-state index contributed by atoms with van der Waals surface area (Å²) in [7, 11) is 1.63. The lowest BCUT2D eigenvalue weighted by atomic mass is 9.83. The number of rotatable bonds is 23. The third kappa shape index (κ3) is 13.3. The highest BCUT2D eigenvalue weighted by atomic mass is 16.5. The van der Waals surface area contributed by atoms with Crippen LogP contribution in [0.25, 0.3) is 17.0 Å². The lowest BCUT2D eigenvalue weighted by Crippen LogP contribution is -2.51. The Morgan fingerprint density at radius 1 is 0.667 bits per heavy atom. The summed E-state index contributed by atoms with van der Waals surface area (Å²) in [6.07, 6.45) is 12.2. The standard InChI is InChI=1S/C52H57N3O5/c1-59-44-32-30-41(31-33-44)25-17-28-46(47(52(58)60-38-42-23-12-6-13-24-42)27-14-3-2-7-18-39-19-8-4-9-20-39)50(56)55-49(36-43-37-54-48-29-16-15-26-45(43)48)51(57)53-35-34-40-21-10-5-11-22-40/h4-6,8-13,15-17,19-26,29-33,37,46-47,49,54H,2-3,7,14,18,27-28,34-36,38H2,1H3,(H,53,57)(H,55,56)/b25-17+/t46-,47+,49+/m1/s1. The van der Waals surface area contributed by atoms with Crippen molar-refractivity contribution in [3.8, 4) is 5.75 Å². The van der Waals surface area contributed by atoms with Crippen molar-refractivity contribution >= 4 is 34.8 Å². The van der Waals surface area contributed by atoms with Crippen LogP contribution in [0.2, 0.25) is 0 Å². The lowest BCUT2D eigenvalue weighted by Gasteiger charge is -2.27. The topological polar surface area (TPSA) is 110 Å². The quantitative estimate of drug-likeness (QED) is 0.0442. The second kappa shape index (κ2) is 23.2. The second-order valence-corrected chi connectivity index (χ2v) is 15.3. The Morgan fingerprint density at radius 2 is 1.30 bits per heavy atom. The molecule has 0 saturated heterocycles. The first-order valence-corrected chi connectivity index (χ1v) is 21.2. The molecule has 8 heteroatoms. The van der Waals surface area contributed by atoms with Crippen LogP contribution in [0.15, 0.2) is 152 Å². The minimum absolute atomic E-state index is 0.107. The third-order valence-corrected chi connectivity index (χ3v) is 11.0. The molecule has 1 heterocycles. The highest BCUT2D eigenvalue weighted by Gasteiger charge is 2.36. The number of aryl methyl sites for hydroxylation is 1. The van der Waals surface area contributed by atoms with Crippen molar-refractivity contribution in [2.24, 2.45) is 11.8 Å². The number of H-pyrrole nitrogens is 1. The van der Waals surface area contributed by atoms with Crippen LogP contribution in [0, 0.1) is 11.8 Å². The average Bonchev–Trinajstić information content (AvgIpc) is 3.70. The molecule has 310 valence electrons. The zero-order valence-corrected chi connectivity index (χ0v) is 34.6. The first kappa shape index (κ1) is 43.2. The average molecular weight is 804 g/mol. The number of carbonyl (C=O) groups is 3. The number of benzene rings is 5. The molecule has 6 aromatic rings. The Kier molecular flexibility index (Phi) is 16.7. The minimum Gasteiger partial charge on any atom is -0.497 e. The Balaban J connectivity index is 1.24. The second-order valence-electron chi connectivity index (χ2n) is 15.3. The van der Waals surface area contributed by atoms with E-state index in [2.05, 4.69) is 39.9 Å². The van der Waals surface area contributed by atoms with E-state index in [1.807, 2.05) is 134 Å². The molecule has 5 aromatic carbocycles. The van der Waals surface area contributed by atoms with Gasteiger partial charge in [0, 0.05) is 30.1 Å². The number of aromatic amines is 1. The third-order valence-electron chi connectivity index (χ3n) is 11.0. The van der Waals surface area contributed by atoms with Crippen molar-refractivity contribution < 1.29 is 23.9 Å². The molecule has 0 aliphatic rings. The molecule has 2 amide bonds. The Hall–Kier alpha value is -6.41. The smallest absolute Gasteiger partial charge is 0.310 e. The van der Waals surface area contributed by atoms with E-state index in [1.54, 1.807) is 7.11 Å². The molecule has 3 N–H and O–H groups in total. The molecule has 0 aliphatic carbocycles. The van der Waals surface area contributed by atoms with Gasteiger partial charge in [-0.1, -0.05) is 153 Å². The van der Waals surface area contributed by atoms with E-state index in [1.165, 1.54) is 5.56 Å². The van der Waals surface area contributed by atoms with Crippen molar-refractivity contribution in [1.29, 1.82) is 0 Å². The van der Waals surface area contributed by atoms with Gasteiger partial charge in [-0.25, -0.2) is 0 Å². The Labute approximate surface area is 354 Å². The fraction of sp³-hybridized carbons (Fsp3) is 0.288. The summed E-state index contributed by atoms with van der Waals surface area (Å²) in [6, 6.07) is 44.7. The molecule has 1 aromatic heterocycles. The van der Waals surface area contributed by atoms with Gasteiger partial charge in [-0.05, 0) is 78.1 Å². The van der Waals surface area contributed by atoms with Crippen molar-refractivity contribution in [2.75, 3.05) is 13.7 Å². The maximum absolute atomic E-state index is 14.8. The molecule has 3 atom stereocenters. The number of para-hydroxylation sites is 1. The van der Waals surface area contributed by atoms with Gasteiger partial charge in [0.2, 0.25) is 11.8 Å². The number of nitrogens with one attached hydrogen (secondary N) is 3. The number of esters is 1. The summed E-state index contributed by atoms with van der Waals surface area (Å²) in [5, 5.41) is 7.22. The highest BCUT2D eigenvalue weighted by molar-refractivity contribution is 5.92. The van der Waals surface area contributed by atoms with Crippen molar-refractivity contribution in [2.45, 2.75) is 70.4 Å². The molecule has 0 bridgehead atoms. The molecular formula is C52H57N3O5. The predicted octanol–water partition coefficient (Wildman–Crippen LogP) is 9.84. The maximum atomic E-state index is 14.8. The molecule has 0 aliphatic heterocycles. The van der Waals surface area contributed by atoms with Crippen molar-refractivity contribution in [1.82, 2.24) is 15.6 Å². The highest BCUT2D eigenvalue weighted by Crippen LogP contribution is 2.28. The molecule has 0 spiro atoms. The number of unbranched alkanes of at least 4 members (excludes halogenated alkanes) is 3. The molecular weight excluding hydrogens is 747 g/mol. The maximum Gasteiger partial charge on any atom is 0.310 e. The van der Waals surface area contributed by atoms with E-state index in [0.29, 0.717) is 19.4 Å². The van der Waals surface area contributed by atoms with Crippen LogP contribution in [0.5, 0.6) is 5.75 Å². The number of allylic oxidation sites excluding steroid dienone is 1. The number of fused-ring (bicyclic) bond motifs is 1. The van der Waals surface area contributed by atoms with Crippen LogP contribution in [0.1, 0.15) is 66.3 Å². The zero-order chi connectivity index (χ0) is 41.8. The van der Waals surface area contributed by atoms with Gasteiger partial charge >= 0.3 is 5.97 Å². The normalized spacial score (nSPS) is 12.8. The van der Waals surface area contributed by atoms with Gasteiger partial charge in [0.15, 0.2) is 0 Å². The predicted molar refractivity (Wildman–Crippen MR) is 240 cm³/mol. The molecule has 6 rings (SSSR count). The zero-order valence-electron chi connectivity index (χ0n) is 34.6. The number of aromatic nitrogens is 1. The van der Waals surface area contributed by atoms with Crippen LogP contribution >= 0.6 is 0 Å². The van der Waals surface area contributed by atoms with Gasteiger partial charge in [-0.3, -0.25) is 14.4 Å². The van der Waals surface area contributed by atoms with Gasteiger partial charge in [0.25, 0.3) is 0 Å². The van der Waals surface area contributed by atoms with E-state index < -0.39 is 23.8 Å². The van der Waals surface area contributed by atoms with Gasteiger partial charge in [-0.2, -0.15) is 0 Å². The summed E-state index contributed by atoms with van der Waals surface area (Å²) < 4.78 is 11.3. The number of amides is 2. The summed E-state index contributed by atoms with van der Waals surface area (Å²) in [4.78, 5) is 46.5. The molecule has 8 nitrogen and oxygen atoms in total. The molecule has 0 unspecified atom stereocenters. The number of hydrogen-bond donors (Lipinski definition) is 3. The Morgan fingerprint density at radius 3 is 2.00 bits per heavy atom. The minimum atomic E-state index is -0.889. The van der Waals surface area contributed by atoms with Crippen molar-refractivity contribution in [3.05, 3.63) is 180 Å². The van der Waals surface area contributed by atoms with E-state index in [-0.39, 0.29) is 31.3 Å². The van der Waals surface area contributed by atoms with Gasteiger partial charge < -0.3 is 25.1 Å². The van der Waals surface area contributed by atoms with Gasteiger partial charge in [-0.15, -0.1) is 0 Å². The number of carbonyl (C=O) groups excluding carboxylic acids is 3. The monoisotopic (exact) mass is 803 g/mol. The summed E-state index contributed by atoms with van der Waals surface area (Å²) in [6.45, 7) is 0.520. The molecule has 0 saturated carbocycles. The number of hydrogen-bond acceptors (Lipinski definition) is 5. The first-order chi connectivity index (χ1) is 29.5. The SMILES string of the molecule is COc1ccc(/C=C/C[C@@H](C(=O)N[C@@H](Cc2c[nH]c3ccccc23)C(=O)NCCc2ccccc2)[C@H](CCCCCCc2ccccc2)C(=O)OCc2ccccc2)cc1. The molecule has 60 heavy (non-hydrogen) atoms. The van der Waals surface area contributed by atoms with E-state index in [4.69, 9.17) is 9.47 Å². The van der Waals surface area contributed by atoms with Crippen molar-refractivity contribution in [3.63, 3.8) is 0 Å². The van der Waals surface area contributed by atoms with Crippen LogP contribution < -0.4 is 15.4 Å². The van der Waals surface area contributed by atoms with Crippen LogP contribution in [-0.2, 0) is 45.0 Å². The summed E-state index contributed by atoms with van der Waals surface area (Å²) >= 11 is 0. The summed E-state index contributed by atoms with van der Waals surface area (Å²) in [5.74, 6) is -1.84. The molecule has 0 fully saturated rings. The summed E-state index contributed by atoms with van der Waals surface area (Å²) in [5.41, 5.74) is 6.10. The fourth-order valence-electron chi connectivity index (χ4n) is 7.64. The van der Waals surface area contributed by atoms with Crippen LogP contribution in [-0.4, -0.2) is 42.5 Å². The number of methoxy groups -OCH3 is 1. The largest absolute Gasteiger partial charge is 0.497 e. The Bertz CT molecular complexity index is 2240. The lowest BCUT2D eigenvalue weighted by molar-refractivity contribution is -0.155. The van der Waals surface area contributed by atoms with E-state index >= 15 is 0 Å². The van der Waals surface area contributed by atoms with Crippen LogP contribution in [0.4, 0.5) is 0 Å². The molecule has 0 radical (unpaired) electrons. The van der Waals surface area contributed by atoms with E-state index in [0.717, 1.165) is 71.0 Å². The van der Waals surface area contributed by atoms with E-state index in [9.17, 15) is 14.4 Å².